The largest absolute Gasteiger partial charge is 0.461 e. The Balaban J connectivity index is 1.56. The summed E-state index contributed by atoms with van der Waals surface area (Å²) in [7, 11) is 0. The summed E-state index contributed by atoms with van der Waals surface area (Å²) in [6, 6.07) is 0.334. The van der Waals surface area contributed by atoms with Crippen molar-refractivity contribution in [1.82, 2.24) is 5.32 Å². The van der Waals surface area contributed by atoms with Crippen LogP contribution in [0.3, 0.4) is 0 Å². The van der Waals surface area contributed by atoms with Crippen molar-refractivity contribution in [3.05, 3.63) is 12.7 Å². The zero-order valence-electron chi connectivity index (χ0n) is 23.5. The normalized spacial score (nSPS) is 48.0. The van der Waals surface area contributed by atoms with E-state index < -0.39 is 29.1 Å². The fraction of sp³-hybridized carbons (Fsp3) is 0.867. The highest BCUT2D eigenvalue weighted by Crippen LogP contribution is 2.68. The maximum Gasteiger partial charge on any atom is 0.316 e. The van der Waals surface area contributed by atoms with Gasteiger partial charge in [0.2, 0.25) is 0 Å². The van der Waals surface area contributed by atoms with Gasteiger partial charge in [0.25, 0.3) is 0 Å². The Morgan fingerprint density at radius 2 is 1.95 bits per heavy atom. The first-order valence-corrected chi connectivity index (χ1v) is 15.5. The van der Waals surface area contributed by atoms with Crippen molar-refractivity contribution in [1.29, 1.82) is 0 Å². The van der Waals surface area contributed by atoms with Crippen LogP contribution in [0.5, 0.6) is 0 Å². The number of aliphatic hydroxyl groups is 2. The van der Waals surface area contributed by atoms with Crippen LogP contribution in [0.25, 0.3) is 0 Å². The highest BCUT2D eigenvalue weighted by molar-refractivity contribution is 8.00. The molecule has 4 aliphatic carbocycles. The molecule has 4 fully saturated rings. The third kappa shape index (κ3) is 4.96. The SMILES string of the molecule is C=C[C@]1(C)C[C@@H](OC(=O)CS[C@H]2CC[C@H](NCC)C[C@@H]2O)[C@]2(C)[C@H](C)CC[C@]3(CCC(=O)[C@H]32)[C@@H](C)[C@@H]1O. The van der Waals surface area contributed by atoms with Gasteiger partial charge in [0.1, 0.15) is 11.9 Å². The van der Waals surface area contributed by atoms with Crippen molar-refractivity contribution in [3.8, 4) is 0 Å². The van der Waals surface area contributed by atoms with Gasteiger partial charge in [0.15, 0.2) is 0 Å². The standard InChI is InChI=1S/C30H49NO5S/c1-7-28(5)16-24(36-25(34)17-37-23-10-9-20(31-8-2)15-22(23)33)29(6)18(3)11-13-30(19(4)27(28)35)14-12-21(32)26(29)30/h7,18-20,22-24,26-27,31,33,35H,1,8-17H2,2-6H3/t18-,19+,20+,22+,23+,24-,26+,27+,28-,29+,30+/m1/s1. The zero-order chi connectivity index (χ0) is 27.2. The molecule has 7 heteroatoms. The molecule has 0 aliphatic heterocycles. The molecule has 0 spiro atoms. The Kier molecular flexibility index (Phi) is 8.60. The van der Waals surface area contributed by atoms with Gasteiger partial charge in [-0.3, -0.25) is 9.59 Å². The summed E-state index contributed by atoms with van der Waals surface area (Å²) in [6.45, 7) is 15.6. The minimum absolute atomic E-state index is 0.0224. The molecule has 2 bridgehead atoms. The van der Waals surface area contributed by atoms with Gasteiger partial charge in [0.05, 0.1) is 18.0 Å². The van der Waals surface area contributed by atoms with Crippen molar-refractivity contribution in [2.24, 2.45) is 34.0 Å². The van der Waals surface area contributed by atoms with E-state index in [9.17, 15) is 19.8 Å². The number of ether oxygens (including phenoxy) is 1. The number of hydrogen-bond donors (Lipinski definition) is 3. The van der Waals surface area contributed by atoms with Gasteiger partial charge in [-0.15, -0.1) is 18.3 Å². The van der Waals surface area contributed by atoms with E-state index in [2.05, 4.69) is 39.6 Å². The second-order valence-electron chi connectivity index (χ2n) is 13.0. The van der Waals surface area contributed by atoms with Crippen LogP contribution < -0.4 is 5.32 Å². The first kappa shape index (κ1) is 29.1. The van der Waals surface area contributed by atoms with Crippen LogP contribution in [0.1, 0.15) is 86.0 Å². The summed E-state index contributed by atoms with van der Waals surface area (Å²) in [6.07, 6.45) is 6.51. The fourth-order valence-corrected chi connectivity index (χ4v) is 9.71. The topological polar surface area (TPSA) is 95.9 Å². The van der Waals surface area contributed by atoms with Crippen molar-refractivity contribution < 1.29 is 24.5 Å². The molecule has 0 radical (unpaired) electrons. The van der Waals surface area contributed by atoms with Crippen LogP contribution in [0.4, 0.5) is 0 Å². The van der Waals surface area contributed by atoms with Crippen molar-refractivity contribution in [3.63, 3.8) is 0 Å². The van der Waals surface area contributed by atoms with E-state index >= 15 is 0 Å². The summed E-state index contributed by atoms with van der Waals surface area (Å²) in [5, 5.41) is 25.7. The van der Waals surface area contributed by atoms with Gasteiger partial charge in [-0.2, -0.15) is 0 Å². The molecule has 11 atom stereocenters. The molecule has 4 rings (SSSR count). The number of nitrogens with one attached hydrogen (secondary N) is 1. The summed E-state index contributed by atoms with van der Waals surface area (Å²) < 4.78 is 6.34. The van der Waals surface area contributed by atoms with E-state index in [1.165, 1.54) is 11.8 Å². The highest BCUT2D eigenvalue weighted by Gasteiger charge is 2.68. The molecular formula is C30H49NO5S. The zero-order valence-corrected chi connectivity index (χ0v) is 24.3. The van der Waals surface area contributed by atoms with Gasteiger partial charge in [-0.05, 0) is 68.7 Å². The van der Waals surface area contributed by atoms with E-state index in [1.54, 1.807) is 0 Å². The van der Waals surface area contributed by atoms with Crippen LogP contribution in [0, 0.1) is 34.0 Å². The van der Waals surface area contributed by atoms with E-state index in [0.717, 1.165) is 38.6 Å². The molecule has 0 aromatic carbocycles. The molecule has 37 heavy (non-hydrogen) atoms. The minimum atomic E-state index is -0.658. The number of aliphatic hydroxyl groups excluding tert-OH is 2. The highest BCUT2D eigenvalue weighted by atomic mass is 32.2. The molecule has 0 saturated heterocycles. The molecule has 0 amide bonds. The smallest absolute Gasteiger partial charge is 0.316 e. The van der Waals surface area contributed by atoms with Crippen LogP contribution in [0.15, 0.2) is 12.7 Å². The molecule has 6 nitrogen and oxygen atoms in total. The first-order chi connectivity index (χ1) is 17.4. The summed E-state index contributed by atoms with van der Waals surface area (Å²) >= 11 is 1.49. The lowest BCUT2D eigenvalue weighted by molar-refractivity contribution is -0.205. The molecule has 0 heterocycles. The molecule has 4 aliphatic rings. The number of carbonyl (C=O) groups excluding carboxylic acids is 2. The molecule has 3 N–H and O–H groups in total. The maximum atomic E-state index is 13.5. The average molecular weight is 536 g/mol. The molecule has 4 saturated carbocycles. The average Bonchev–Trinajstić information content (AvgIpc) is 3.22. The predicted octanol–water partition coefficient (Wildman–Crippen LogP) is 4.52. The number of thioether (sulfide) groups is 1. The van der Waals surface area contributed by atoms with E-state index in [4.69, 9.17) is 4.74 Å². The Labute approximate surface area is 227 Å². The molecular weight excluding hydrogens is 486 g/mol. The first-order valence-electron chi connectivity index (χ1n) is 14.5. The Morgan fingerprint density at radius 1 is 1.22 bits per heavy atom. The lowest BCUT2D eigenvalue weighted by Crippen LogP contribution is -2.63. The number of rotatable bonds is 7. The van der Waals surface area contributed by atoms with Crippen LogP contribution in [0.2, 0.25) is 0 Å². The van der Waals surface area contributed by atoms with Gasteiger partial charge in [0, 0.05) is 34.5 Å². The van der Waals surface area contributed by atoms with Gasteiger partial charge in [-0.1, -0.05) is 40.7 Å². The summed E-state index contributed by atoms with van der Waals surface area (Å²) in [5.41, 5.74) is -1.38. The van der Waals surface area contributed by atoms with E-state index in [-0.39, 0.29) is 45.9 Å². The fourth-order valence-electron chi connectivity index (χ4n) is 8.66. The summed E-state index contributed by atoms with van der Waals surface area (Å²) in [5.74, 6) is 0.132. The third-order valence-electron chi connectivity index (χ3n) is 11.2. The van der Waals surface area contributed by atoms with Crippen molar-refractivity contribution >= 4 is 23.5 Å². The number of carbonyl (C=O) groups is 2. The van der Waals surface area contributed by atoms with Gasteiger partial charge >= 0.3 is 5.97 Å². The lowest BCUT2D eigenvalue weighted by atomic mass is 9.44. The second-order valence-corrected chi connectivity index (χ2v) is 14.3. The molecule has 0 unspecified atom stereocenters. The van der Waals surface area contributed by atoms with Crippen LogP contribution in [-0.4, -0.2) is 63.9 Å². The number of esters is 1. The number of hydrogen-bond acceptors (Lipinski definition) is 7. The van der Waals surface area contributed by atoms with Crippen molar-refractivity contribution in [2.75, 3.05) is 12.3 Å². The Morgan fingerprint density at radius 3 is 2.59 bits per heavy atom. The van der Waals surface area contributed by atoms with Crippen molar-refractivity contribution in [2.45, 2.75) is 116 Å². The predicted molar refractivity (Wildman–Crippen MR) is 148 cm³/mol. The number of ketones is 1. The van der Waals surface area contributed by atoms with Crippen LogP contribution in [-0.2, 0) is 14.3 Å². The van der Waals surface area contributed by atoms with Gasteiger partial charge in [-0.25, -0.2) is 0 Å². The third-order valence-corrected chi connectivity index (χ3v) is 12.6. The summed E-state index contributed by atoms with van der Waals surface area (Å²) in [4.78, 5) is 26.9. The van der Waals surface area contributed by atoms with E-state index in [0.29, 0.717) is 25.3 Å². The molecule has 0 aromatic rings. The molecule has 210 valence electrons. The second kappa shape index (κ2) is 10.9. The quantitative estimate of drug-likeness (QED) is 0.326. The van der Waals surface area contributed by atoms with Gasteiger partial charge < -0.3 is 20.3 Å². The Hall–Kier alpha value is -0.890. The van der Waals surface area contributed by atoms with Crippen LogP contribution >= 0.6 is 11.8 Å². The van der Waals surface area contributed by atoms with E-state index in [1.807, 2.05) is 13.0 Å². The lowest BCUT2D eigenvalue weighted by Gasteiger charge is -2.61. The molecule has 0 aromatic heterocycles. The Bertz CT molecular complexity index is 882. The monoisotopic (exact) mass is 535 g/mol. The minimum Gasteiger partial charge on any atom is -0.461 e. The number of Topliss-reactive ketones (excluding diaryl/α,β-unsaturated/α-hetero) is 1. The maximum absolute atomic E-state index is 13.5.